The van der Waals surface area contributed by atoms with Crippen molar-refractivity contribution in [3.63, 3.8) is 0 Å². The minimum Gasteiger partial charge on any atom is -0.496 e. The summed E-state index contributed by atoms with van der Waals surface area (Å²) in [5.74, 6) is 1.03. The van der Waals surface area contributed by atoms with Crippen LogP contribution in [-0.4, -0.2) is 31.4 Å². The van der Waals surface area contributed by atoms with E-state index in [9.17, 15) is 9.32 Å². The van der Waals surface area contributed by atoms with Gasteiger partial charge in [0.05, 0.1) is 46.5 Å². The molecule has 6 nitrogen and oxygen atoms in total. The Morgan fingerprint density at radius 1 is 1.33 bits per heavy atom. The van der Waals surface area contributed by atoms with Crippen LogP contribution < -0.4 is 4.74 Å². The van der Waals surface area contributed by atoms with Crippen molar-refractivity contribution in [3.8, 4) is 5.75 Å². The Bertz CT molecular complexity index is 984. The normalized spacial score (nSPS) is 13.7. The minimum absolute atomic E-state index is 0.258. The smallest absolute Gasteiger partial charge is 0.197 e. The number of aryl methyl sites for hydroxylation is 1. The van der Waals surface area contributed by atoms with Crippen LogP contribution in [0.3, 0.4) is 0 Å². The Balaban J connectivity index is 1.86. The van der Waals surface area contributed by atoms with E-state index in [4.69, 9.17) is 4.74 Å². The third-order valence-corrected chi connectivity index (χ3v) is 5.82. The third kappa shape index (κ3) is 4.04. The Morgan fingerprint density at radius 3 is 2.81 bits per heavy atom. The summed E-state index contributed by atoms with van der Waals surface area (Å²) in [7, 11) is 0.263. The molecule has 7 heteroatoms. The van der Waals surface area contributed by atoms with E-state index in [1.54, 1.807) is 13.3 Å². The zero-order valence-electron chi connectivity index (χ0n) is 16.1. The maximum atomic E-state index is 12.8. The number of aliphatic hydroxyl groups excluding tert-OH is 1. The zero-order chi connectivity index (χ0) is 19.6. The molecule has 27 heavy (non-hydrogen) atoms. The first-order chi connectivity index (χ1) is 12.9. The number of ether oxygens (including phenoxy) is 1. The molecule has 3 aromatic rings. The van der Waals surface area contributed by atoms with Gasteiger partial charge in [0.15, 0.2) is 5.16 Å². The van der Waals surface area contributed by atoms with Crippen LogP contribution in [0.25, 0.3) is 11.0 Å². The van der Waals surface area contributed by atoms with E-state index in [0.717, 1.165) is 45.6 Å². The summed E-state index contributed by atoms with van der Waals surface area (Å²) >= 11 is 0. The van der Waals surface area contributed by atoms with Gasteiger partial charge in [0.1, 0.15) is 5.75 Å². The Morgan fingerprint density at radius 2 is 2.11 bits per heavy atom. The second-order valence-corrected chi connectivity index (χ2v) is 8.03. The topological polar surface area (TPSA) is 88.1 Å². The lowest BCUT2D eigenvalue weighted by Gasteiger charge is -2.11. The Kier molecular flexibility index (Phi) is 5.92. The first-order valence-corrected chi connectivity index (χ1v) is 10.3. The minimum atomic E-state index is -1.36. The van der Waals surface area contributed by atoms with Gasteiger partial charge in [-0.15, -0.1) is 0 Å². The second kappa shape index (κ2) is 8.19. The Labute approximate surface area is 161 Å². The molecule has 2 atom stereocenters. The summed E-state index contributed by atoms with van der Waals surface area (Å²) in [5.41, 5.74) is 4.92. The van der Waals surface area contributed by atoms with Crippen molar-refractivity contribution < 1.29 is 14.1 Å². The van der Waals surface area contributed by atoms with Crippen molar-refractivity contribution in [2.24, 2.45) is 0 Å². The van der Waals surface area contributed by atoms with Crippen molar-refractivity contribution in [2.75, 3.05) is 7.11 Å². The van der Waals surface area contributed by atoms with Gasteiger partial charge < -0.3 is 14.8 Å². The average molecular weight is 388 g/mol. The molecule has 1 aromatic carbocycles. The molecule has 0 amide bonds. The highest BCUT2D eigenvalue weighted by atomic mass is 32.2. The van der Waals surface area contributed by atoms with E-state index >= 15 is 0 Å². The predicted octanol–water partition coefficient (Wildman–Crippen LogP) is 3.72. The Hall–Kier alpha value is -2.25. The molecule has 2 N–H and O–H groups in total. The molecule has 2 aromatic heterocycles. The summed E-state index contributed by atoms with van der Waals surface area (Å²) in [6.45, 7) is 5.89. The van der Waals surface area contributed by atoms with E-state index in [2.05, 4.69) is 15.0 Å². The molecule has 0 aliphatic rings. The van der Waals surface area contributed by atoms with Gasteiger partial charge in [-0.1, -0.05) is 19.4 Å². The summed E-state index contributed by atoms with van der Waals surface area (Å²) in [4.78, 5) is 12.0. The van der Waals surface area contributed by atoms with Gasteiger partial charge in [-0.25, -0.2) is 4.98 Å². The molecule has 0 bridgehead atoms. The molecule has 0 radical (unpaired) electrons. The van der Waals surface area contributed by atoms with Gasteiger partial charge in [-0.3, -0.25) is 9.19 Å². The number of aliphatic hydroxyl groups is 1. The molecule has 0 aliphatic heterocycles. The van der Waals surface area contributed by atoms with Crippen LogP contribution in [0.4, 0.5) is 0 Å². The molecule has 0 spiro atoms. The lowest BCUT2D eigenvalue weighted by molar-refractivity contribution is 0.166. The highest BCUT2D eigenvalue weighted by Gasteiger charge is 2.17. The van der Waals surface area contributed by atoms with Crippen LogP contribution in [0.1, 0.15) is 48.3 Å². The highest BCUT2D eigenvalue weighted by Crippen LogP contribution is 2.26. The number of methoxy groups -OCH3 is 1. The number of rotatable bonds is 7. The number of imidazole rings is 1. The molecule has 0 saturated heterocycles. The first-order valence-electron chi connectivity index (χ1n) is 8.99. The summed E-state index contributed by atoms with van der Waals surface area (Å²) < 4.78 is 18.2. The standard InChI is InChI=1S/C20H25N3O3S/c1-5-6-18(24)14-7-8-15-16(9-14)23-20(22-15)27(25)11-17-13(3)19(26-4)12(2)10-21-17/h7-10,18,24H,5-6,11H2,1-4H3,(H,22,23)/t18?,27-/m0/s1. The molecule has 1 unspecified atom stereocenters. The van der Waals surface area contributed by atoms with Crippen molar-refractivity contribution in [1.29, 1.82) is 0 Å². The van der Waals surface area contributed by atoms with Gasteiger partial charge in [0.2, 0.25) is 0 Å². The van der Waals surface area contributed by atoms with Gasteiger partial charge in [-0.05, 0) is 38.0 Å². The van der Waals surface area contributed by atoms with Crippen LogP contribution in [0.2, 0.25) is 0 Å². The van der Waals surface area contributed by atoms with E-state index in [1.807, 2.05) is 39.0 Å². The van der Waals surface area contributed by atoms with E-state index < -0.39 is 16.9 Å². The lowest BCUT2D eigenvalue weighted by Crippen LogP contribution is -2.05. The van der Waals surface area contributed by atoms with Gasteiger partial charge in [-0.2, -0.15) is 0 Å². The monoisotopic (exact) mass is 387 g/mol. The highest BCUT2D eigenvalue weighted by molar-refractivity contribution is 7.84. The fourth-order valence-corrected chi connectivity index (χ4v) is 4.27. The molecular formula is C20H25N3O3S. The first kappa shape index (κ1) is 19.5. The summed E-state index contributed by atoms with van der Waals surface area (Å²) in [6.07, 6.45) is 2.85. The number of benzene rings is 1. The maximum Gasteiger partial charge on any atom is 0.197 e. The number of aromatic nitrogens is 3. The van der Waals surface area contributed by atoms with E-state index in [-0.39, 0.29) is 5.75 Å². The predicted molar refractivity (Wildman–Crippen MR) is 106 cm³/mol. The summed E-state index contributed by atoms with van der Waals surface area (Å²) in [6, 6.07) is 5.59. The van der Waals surface area contributed by atoms with Crippen molar-refractivity contribution in [1.82, 2.24) is 15.0 Å². The number of nitrogens with zero attached hydrogens (tertiary/aromatic N) is 2. The SMILES string of the molecule is CCCC(O)c1ccc2nc([S@@](=O)Cc3ncc(C)c(OC)c3C)[nH]c2c1. The second-order valence-electron chi connectivity index (χ2n) is 6.66. The van der Waals surface area contributed by atoms with Crippen molar-refractivity contribution in [3.05, 3.63) is 46.8 Å². The molecular weight excluding hydrogens is 362 g/mol. The number of hydrogen-bond donors (Lipinski definition) is 2. The number of H-pyrrole nitrogens is 1. The lowest BCUT2D eigenvalue weighted by atomic mass is 10.0. The van der Waals surface area contributed by atoms with Crippen LogP contribution in [0.5, 0.6) is 5.75 Å². The molecule has 0 aliphatic carbocycles. The van der Waals surface area contributed by atoms with Crippen LogP contribution in [0.15, 0.2) is 29.6 Å². The summed E-state index contributed by atoms with van der Waals surface area (Å²) in [5, 5.41) is 10.6. The molecule has 2 heterocycles. The number of pyridine rings is 1. The van der Waals surface area contributed by atoms with Crippen LogP contribution in [0, 0.1) is 13.8 Å². The largest absolute Gasteiger partial charge is 0.496 e. The number of nitrogens with one attached hydrogen (secondary N) is 1. The quantitative estimate of drug-likeness (QED) is 0.645. The molecule has 3 rings (SSSR count). The average Bonchev–Trinajstić information content (AvgIpc) is 3.08. The van der Waals surface area contributed by atoms with Gasteiger partial charge >= 0.3 is 0 Å². The van der Waals surface area contributed by atoms with Crippen LogP contribution in [-0.2, 0) is 16.6 Å². The van der Waals surface area contributed by atoms with Gasteiger partial charge in [0, 0.05) is 17.3 Å². The van der Waals surface area contributed by atoms with Crippen molar-refractivity contribution in [2.45, 2.75) is 50.6 Å². The molecule has 144 valence electrons. The van der Waals surface area contributed by atoms with Crippen molar-refractivity contribution >= 4 is 21.8 Å². The fraction of sp³-hybridized carbons (Fsp3) is 0.400. The third-order valence-electron chi connectivity index (χ3n) is 4.66. The zero-order valence-corrected chi connectivity index (χ0v) is 16.9. The number of hydrogen-bond acceptors (Lipinski definition) is 5. The maximum absolute atomic E-state index is 12.8. The van der Waals surface area contributed by atoms with Crippen LogP contribution >= 0.6 is 0 Å². The molecule has 0 fully saturated rings. The van der Waals surface area contributed by atoms with E-state index in [0.29, 0.717) is 11.6 Å². The van der Waals surface area contributed by atoms with E-state index in [1.165, 1.54) is 0 Å². The van der Waals surface area contributed by atoms with Gasteiger partial charge in [0.25, 0.3) is 0 Å². The fourth-order valence-electron chi connectivity index (χ4n) is 3.17. The molecule has 0 saturated carbocycles. The number of aromatic amines is 1. The number of fused-ring (bicyclic) bond motifs is 1.